The Labute approximate surface area is 106 Å². The van der Waals surface area contributed by atoms with Gasteiger partial charge in [0.25, 0.3) is 0 Å². The summed E-state index contributed by atoms with van der Waals surface area (Å²) < 4.78 is 0. The predicted octanol–water partition coefficient (Wildman–Crippen LogP) is 1.92. The van der Waals surface area contributed by atoms with E-state index in [0.717, 1.165) is 6.42 Å². The molecule has 0 aromatic heterocycles. The molecule has 17 heavy (non-hydrogen) atoms. The molecule has 0 saturated heterocycles. The van der Waals surface area contributed by atoms with Gasteiger partial charge in [-0.3, -0.25) is 0 Å². The number of hydrogen-bond acceptors (Lipinski definition) is 3. The lowest BCUT2D eigenvalue weighted by Crippen LogP contribution is -2.57. The molecule has 1 aliphatic carbocycles. The van der Waals surface area contributed by atoms with Crippen LogP contribution in [0, 0.1) is 11.3 Å². The molecule has 1 aliphatic rings. The van der Waals surface area contributed by atoms with Gasteiger partial charge in [0.2, 0.25) is 0 Å². The number of nitrogens with one attached hydrogen (secondary N) is 1. The second kappa shape index (κ2) is 5.68. The van der Waals surface area contributed by atoms with Crippen molar-refractivity contribution in [1.29, 1.82) is 0 Å². The average molecular weight is 243 g/mol. The summed E-state index contributed by atoms with van der Waals surface area (Å²) in [6.45, 7) is 8.71. The molecule has 3 nitrogen and oxygen atoms in total. The monoisotopic (exact) mass is 243 g/mol. The fraction of sp³-hybridized carbons (Fsp3) is 1.00. The van der Waals surface area contributed by atoms with Crippen LogP contribution in [0.3, 0.4) is 0 Å². The molecule has 2 atom stereocenters. The van der Waals surface area contributed by atoms with Gasteiger partial charge in [0.15, 0.2) is 0 Å². The Hall–Kier alpha value is -0.120. The lowest BCUT2D eigenvalue weighted by atomic mass is 9.69. The van der Waals surface area contributed by atoms with Gasteiger partial charge in [0.1, 0.15) is 0 Å². The second-order valence-corrected chi connectivity index (χ2v) is 6.88. The summed E-state index contributed by atoms with van der Waals surface area (Å²) in [5.74, 6) is 0.619. The minimum atomic E-state index is -0.550. The molecule has 0 radical (unpaired) electrons. The Morgan fingerprint density at radius 3 is 2.00 bits per heavy atom. The van der Waals surface area contributed by atoms with E-state index in [9.17, 15) is 10.2 Å². The molecule has 1 saturated carbocycles. The van der Waals surface area contributed by atoms with E-state index in [1.807, 2.05) is 6.92 Å². The molecule has 0 amide bonds. The van der Waals surface area contributed by atoms with E-state index in [1.165, 1.54) is 19.3 Å². The van der Waals surface area contributed by atoms with Gasteiger partial charge in [0.05, 0.1) is 18.8 Å². The van der Waals surface area contributed by atoms with Gasteiger partial charge in [-0.05, 0) is 31.1 Å². The van der Waals surface area contributed by atoms with Crippen LogP contribution in [0.2, 0.25) is 0 Å². The Balaban J connectivity index is 2.72. The van der Waals surface area contributed by atoms with Crippen molar-refractivity contribution in [3.8, 4) is 0 Å². The highest BCUT2D eigenvalue weighted by Gasteiger charge is 2.37. The Morgan fingerprint density at radius 2 is 1.53 bits per heavy atom. The maximum Gasteiger partial charge on any atom is 0.0633 e. The maximum absolute atomic E-state index is 9.38. The molecule has 0 spiro atoms. The van der Waals surface area contributed by atoms with Crippen molar-refractivity contribution in [3.63, 3.8) is 0 Å². The van der Waals surface area contributed by atoms with Crippen LogP contribution in [0.15, 0.2) is 0 Å². The van der Waals surface area contributed by atoms with E-state index in [1.54, 1.807) is 0 Å². The molecule has 102 valence electrons. The quantitative estimate of drug-likeness (QED) is 0.707. The summed E-state index contributed by atoms with van der Waals surface area (Å²) in [5, 5.41) is 22.3. The second-order valence-electron chi connectivity index (χ2n) is 6.88. The van der Waals surface area contributed by atoms with Crippen molar-refractivity contribution >= 4 is 0 Å². The molecule has 2 unspecified atom stereocenters. The van der Waals surface area contributed by atoms with Crippen LogP contribution >= 0.6 is 0 Å². The lowest BCUT2D eigenvalue weighted by molar-refractivity contribution is 0.0527. The summed E-state index contributed by atoms with van der Waals surface area (Å²) in [5.41, 5.74) is -0.268. The van der Waals surface area contributed by atoms with Crippen LogP contribution in [0.4, 0.5) is 0 Å². The molecule has 3 heteroatoms. The van der Waals surface area contributed by atoms with Crippen LogP contribution < -0.4 is 5.32 Å². The minimum Gasteiger partial charge on any atom is -0.394 e. The normalized spacial score (nSPS) is 27.2. The first-order valence-corrected chi connectivity index (χ1v) is 6.82. The lowest BCUT2D eigenvalue weighted by Gasteiger charge is -2.44. The molecular weight excluding hydrogens is 214 g/mol. The first-order chi connectivity index (χ1) is 7.82. The average Bonchev–Trinajstić information content (AvgIpc) is 2.28. The van der Waals surface area contributed by atoms with Crippen molar-refractivity contribution in [2.24, 2.45) is 11.3 Å². The van der Waals surface area contributed by atoms with Gasteiger partial charge >= 0.3 is 0 Å². The fourth-order valence-corrected chi connectivity index (χ4v) is 2.93. The summed E-state index contributed by atoms with van der Waals surface area (Å²) in [6, 6.07) is 0.410. The first-order valence-electron chi connectivity index (χ1n) is 6.82. The van der Waals surface area contributed by atoms with E-state index in [-0.39, 0.29) is 18.6 Å². The Bertz CT molecular complexity index is 231. The molecule has 0 bridgehead atoms. The largest absolute Gasteiger partial charge is 0.394 e. The zero-order valence-corrected chi connectivity index (χ0v) is 11.8. The highest BCUT2D eigenvalue weighted by Crippen LogP contribution is 2.38. The summed E-state index contributed by atoms with van der Waals surface area (Å²) in [4.78, 5) is 0. The third kappa shape index (κ3) is 3.94. The SMILES string of the molecule is CC(CO)(CO)NC1CCCCC1C(C)(C)C. The van der Waals surface area contributed by atoms with Crippen LogP contribution in [-0.4, -0.2) is 35.0 Å². The number of aliphatic hydroxyl groups excluding tert-OH is 2. The van der Waals surface area contributed by atoms with Gasteiger partial charge in [-0.2, -0.15) is 0 Å². The first kappa shape index (κ1) is 14.9. The minimum absolute atomic E-state index is 0.0170. The van der Waals surface area contributed by atoms with Crippen molar-refractivity contribution in [3.05, 3.63) is 0 Å². The third-order valence-electron chi connectivity index (χ3n) is 4.11. The van der Waals surface area contributed by atoms with E-state index in [4.69, 9.17) is 0 Å². The number of rotatable bonds is 4. The van der Waals surface area contributed by atoms with Crippen LogP contribution in [0.1, 0.15) is 53.4 Å². The van der Waals surface area contributed by atoms with Crippen LogP contribution in [0.25, 0.3) is 0 Å². The molecule has 1 fully saturated rings. The van der Waals surface area contributed by atoms with Gasteiger partial charge in [-0.25, -0.2) is 0 Å². The van der Waals surface area contributed by atoms with Gasteiger partial charge in [0, 0.05) is 6.04 Å². The smallest absolute Gasteiger partial charge is 0.0633 e. The maximum atomic E-state index is 9.38. The van der Waals surface area contributed by atoms with E-state index in [2.05, 4.69) is 26.1 Å². The van der Waals surface area contributed by atoms with Gasteiger partial charge in [-0.1, -0.05) is 33.6 Å². The van der Waals surface area contributed by atoms with Crippen molar-refractivity contribution < 1.29 is 10.2 Å². The summed E-state index contributed by atoms with van der Waals surface area (Å²) in [7, 11) is 0. The van der Waals surface area contributed by atoms with Gasteiger partial charge in [-0.15, -0.1) is 0 Å². The van der Waals surface area contributed by atoms with Crippen molar-refractivity contribution in [1.82, 2.24) is 5.32 Å². The predicted molar refractivity (Wildman–Crippen MR) is 70.9 cm³/mol. The standard InChI is InChI=1S/C14H29NO2/c1-13(2,3)11-7-5-6-8-12(11)15-14(4,9-16)10-17/h11-12,15-17H,5-10H2,1-4H3. The Kier molecular flexibility index (Phi) is 4.99. The zero-order valence-electron chi connectivity index (χ0n) is 11.8. The zero-order chi connectivity index (χ0) is 13.1. The summed E-state index contributed by atoms with van der Waals surface area (Å²) in [6.07, 6.45) is 4.94. The van der Waals surface area contributed by atoms with E-state index in [0.29, 0.717) is 12.0 Å². The topological polar surface area (TPSA) is 52.5 Å². The number of aliphatic hydroxyl groups is 2. The van der Waals surface area contributed by atoms with Crippen LogP contribution in [-0.2, 0) is 0 Å². The molecule has 0 aliphatic heterocycles. The fourth-order valence-electron chi connectivity index (χ4n) is 2.93. The van der Waals surface area contributed by atoms with E-state index < -0.39 is 5.54 Å². The molecule has 0 aromatic carbocycles. The molecular formula is C14H29NO2. The highest BCUT2D eigenvalue weighted by atomic mass is 16.3. The molecule has 3 N–H and O–H groups in total. The number of hydrogen-bond donors (Lipinski definition) is 3. The van der Waals surface area contributed by atoms with Gasteiger partial charge < -0.3 is 15.5 Å². The molecule has 0 aromatic rings. The Morgan fingerprint density at radius 1 is 1.00 bits per heavy atom. The summed E-state index contributed by atoms with van der Waals surface area (Å²) >= 11 is 0. The molecule has 1 rings (SSSR count). The van der Waals surface area contributed by atoms with E-state index >= 15 is 0 Å². The molecule has 0 heterocycles. The van der Waals surface area contributed by atoms with Crippen molar-refractivity contribution in [2.75, 3.05) is 13.2 Å². The van der Waals surface area contributed by atoms with Crippen LogP contribution in [0.5, 0.6) is 0 Å². The highest BCUT2D eigenvalue weighted by molar-refractivity contribution is 4.93. The third-order valence-corrected chi connectivity index (χ3v) is 4.11. The van der Waals surface area contributed by atoms with Crippen molar-refractivity contribution in [2.45, 2.75) is 65.0 Å².